The van der Waals surface area contributed by atoms with Gasteiger partial charge in [0, 0.05) is 19.3 Å². The average Bonchev–Trinajstić information content (AvgIpc) is 2.99. The summed E-state index contributed by atoms with van der Waals surface area (Å²) in [6.07, 6.45) is 4.57. The predicted molar refractivity (Wildman–Crippen MR) is 79.9 cm³/mol. The van der Waals surface area contributed by atoms with Gasteiger partial charge in [0.05, 0.1) is 0 Å². The van der Waals surface area contributed by atoms with Crippen molar-refractivity contribution in [3.63, 3.8) is 0 Å². The third kappa shape index (κ3) is 3.43. The molecule has 0 spiro atoms. The zero-order valence-electron chi connectivity index (χ0n) is 11.4. The van der Waals surface area contributed by atoms with Gasteiger partial charge in [-0.15, -0.1) is 11.8 Å². The Kier molecular flexibility index (Phi) is 4.87. The Morgan fingerprint density at radius 2 is 2.05 bits per heavy atom. The maximum absolute atomic E-state index is 11.6. The fraction of sp³-hybridized carbons (Fsp3) is 0.583. The van der Waals surface area contributed by atoms with E-state index in [1.165, 1.54) is 29.5 Å². The second kappa shape index (κ2) is 6.45. The first kappa shape index (κ1) is 15.1. The van der Waals surface area contributed by atoms with Gasteiger partial charge in [-0.1, -0.05) is 12.8 Å². The van der Waals surface area contributed by atoms with Crippen LogP contribution in [0.2, 0.25) is 0 Å². The molecule has 1 aliphatic rings. The summed E-state index contributed by atoms with van der Waals surface area (Å²) in [6.45, 7) is 0. The number of aromatic carboxylic acids is 1. The third-order valence-electron chi connectivity index (χ3n) is 3.08. The zero-order valence-corrected chi connectivity index (χ0v) is 13.0. The molecule has 2 amide bonds. The molecule has 1 fully saturated rings. The topological polar surface area (TPSA) is 82.5 Å². The molecule has 8 heteroatoms. The highest BCUT2D eigenvalue weighted by Crippen LogP contribution is 2.39. The molecule has 0 atom stereocenters. The van der Waals surface area contributed by atoms with E-state index in [1.54, 1.807) is 14.1 Å². The Bertz CT molecular complexity index is 510. The van der Waals surface area contributed by atoms with E-state index in [0.717, 1.165) is 24.4 Å². The predicted octanol–water partition coefficient (Wildman–Crippen LogP) is 2.97. The van der Waals surface area contributed by atoms with Gasteiger partial charge in [-0.3, -0.25) is 5.32 Å². The molecule has 0 saturated heterocycles. The lowest BCUT2D eigenvalue weighted by molar-refractivity contribution is 0.0694. The number of nitrogens with zero attached hydrogens (tertiary/aromatic N) is 2. The second-order valence-corrected chi connectivity index (χ2v) is 6.91. The van der Waals surface area contributed by atoms with Crippen LogP contribution in [0, 0.1) is 0 Å². The van der Waals surface area contributed by atoms with Crippen LogP contribution in [0.3, 0.4) is 0 Å². The van der Waals surface area contributed by atoms with Gasteiger partial charge in [0.15, 0.2) is 0 Å². The first-order valence-electron chi connectivity index (χ1n) is 6.37. The summed E-state index contributed by atoms with van der Waals surface area (Å²) in [6, 6.07) is -0.353. The number of carbonyl (C=O) groups excluding carboxylic acids is 1. The summed E-state index contributed by atoms with van der Waals surface area (Å²) in [5.74, 6) is -1.05. The third-order valence-corrected chi connectivity index (χ3v) is 5.28. The van der Waals surface area contributed by atoms with Crippen molar-refractivity contribution in [3.8, 4) is 0 Å². The number of nitrogens with one attached hydrogen (secondary N) is 1. The lowest BCUT2D eigenvalue weighted by Gasteiger charge is -2.11. The first-order chi connectivity index (χ1) is 9.49. The van der Waals surface area contributed by atoms with Crippen molar-refractivity contribution in [1.82, 2.24) is 9.27 Å². The van der Waals surface area contributed by atoms with Crippen molar-refractivity contribution in [2.75, 3.05) is 19.4 Å². The Morgan fingerprint density at radius 3 is 2.60 bits per heavy atom. The van der Waals surface area contributed by atoms with Crippen molar-refractivity contribution in [2.45, 2.75) is 36.0 Å². The zero-order chi connectivity index (χ0) is 14.7. The van der Waals surface area contributed by atoms with Crippen LogP contribution in [-0.4, -0.2) is 45.7 Å². The Labute approximate surface area is 125 Å². The van der Waals surface area contributed by atoms with Crippen molar-refractivity contribution >= 4 is 40.3 Å². The molecular formula is C12H17N3O3S2. The van der Waals surface area contributed by atoms with Gasteiger partial charge in [-0.25, -0.2) is 9.59 Å². The highest BCUT2D eigenvalue weighted by atomic mass is 32.2. The van der Waals surface area contributed by atoms with Gasteiger partial charge in [-0.2, -0.15) is 4.37 Å². The largest absolute Gasteiger partial charge is 0.477 e. The molecule has 0 unspecified atom stereocenters. The summed E-state index contributed by atoms with van der Waals surface area (Å²) in [5.41, 5.74) is 0.113. The Morgan fingerprint density at radius 1 is 1.40 bits per heavy atom. The molecule has 2 rings (SSSR count). The number of anilines is 1. The lowest BCUT2D eigenvalue weighted by atomic mass is 10.3. The molecule has 1 aromatic rings. The number of urea groups is 1. The van der Waals surface area contributed by atoms with Crippen molar-refractivity contribution < 1.29 is 14.7 Å². The fourth-order valence-electron chi connectivity index (χ4n) is 2.00. The molecule has 2 N–H and O–H groups in total. The average molecular weight is 315 g/mol. The number of thioether (sulfide) groups is 1. The number of hydrogen-bond donors (Lipinski definition) is 2. The SMILES string of the molecule is CN(C)C(=O)Nc1snc(SC2CCCC2)c1C(=O)O. The molecule has 1 aromatic heterocycles. The van der Waals surface area contributed by atoms with Crippen LogP contribution in [0.25, 0.3) is 0 Å². The summed E-state index contributed by atoms with van der Waals surface area (Å²) < 4.78 is 4.20. The standard InChI is InChI=1S/C12H17N3O3S2/c1-15(2)12(18)13-9-8(11(16)17)10(14-20-9)19-7-5-3-4-6-7/h7H,3-6H2,1-2H3,(H,13,18)(H,16,17). The monoisotopic (exact) mass is 315 g/mol. The Hall–Kier alpha value is -1.28. The first-order valence-corrected chi connectivity index (χ1v) is 8.02. The van der Waals surface area contributed by atoms with Gasteiger partial charge in [-0.05, 0) is 24.4 Å². The van der Waals surface area contributed by atoms with Gasteiger partial charge >= 0.3 is 12.0 Å². The number of rotatable bonds is 4. The van der Waals surface area contributed by atoms with E-state index >= 15 is 0 Å². The quantitative estimate of drug-likeness (QED) is 0.892. The van der Waals surface area contributed by atoms with Crippen LogP contribution in [0.5, 0.6) is 0 Å². The number of carboxylic acids is 1. The summed E-state index contributed by atoms with van der Waals surface area (Å²) in [5, 5.41) is 13.2. The molecular weight excluding hydrogens is 298 g/mol. The van der Waals surface area contributed by atoms with Crippen LogP contribution in [0.4, 0.5) is 9.80 Å². The molecule has 0 radical (unpaired) electrons. The summed E-state index contributed by atoms with van der Waals surface area (Å²) >= 11 is 2.54. The number of carbonyl (C=O) groups is 2. The summed E-state index contributed by atoms with van der Waals surface area (Å²) in [7, 11) is 3.20. The maximum Gasteiger partial charge on any atom is 0.341 e. The Balaban J connectivity index is 2.18. The van der Waals surface area contributed by atoms with Gasteiger partial charge in [0.2, 0.25) is 0 Å². The van der Waals surface area contributed by atoms with E-state index in [1.807, 2.05) is 0 Å². The van der Waals surface area contributed by atoms with Crippen LogP contribution in [0.1, 0.15) is 36.0 Å². The van der Waals surface area contributed by atoms with E-state index in [2.05, 4.69) is 9.69 Å². The molecule has 0 bridgehead atoms. The molecule has 0 aromatic carbocycles. The highest BCUT2D eigenvalue weighted by molar-refractivity contribution is 8.00. The van der Waals surface area contributed by atoms with Gasteiger partial charge in [0.25, 0.3) is 0 Å². The normalized spacial score (nSPS) is 15.3. The second-order valence-electron chi connectivity index (χ2n) is 4.85. The summed E-state index contributed by atoms with van der Waals surface area (Å²) in [4.78, 5) is 24.4. The van der Waals surface area contributed by atoms with E-state index in [9.17, 15) is 14.7 Å². The van der Waals surface area contributed by atoms with Crippen molar-refractivity contribution in [1.29, 1.82) is 0 Å². The number of hydrogen-bond acceptors (Lipinski definition) is 5. The number of aromatic nitrogens is 1. The molecule has 1 heterocycles. The highest BCUT2D eigenvalue weighted by Gasteiger charge is 2.26. The maximum atomic E-state index is 11.6. The van der Waals surface area contributed by atoms with E-state index in [4.69, 9.17) is 0 Å². The van der Waals surface area contributed by atoms with Gasteiger partial charge in [0.1, 0.15) is 15.6 Å². The smallest absolute Gasteiger partial charge is 0.341 e. The van der Waals surface area contributed by atoms with E-state index < -0.39 is 5.97 Å². The molecule has 110 valence electrons. The number of amides is 2. The van der Waals surface area contributed by atoms with Gasteiger partial charge < -0.3 is 10.0 Å². The minimum absolute atomic E-state index is 0.113. The van der Waals surface area contributed by atoms with E-state index in [0.29, 0.717) is 15.3 Å². The molecule has 1 aliphatic carbocycles. The van der Waals surface area contributed by atoms with E-state index in [-0.39, 0.29) is 11.6 Å². The van der Waals surface area contributed by atoms with Crippen LogP contribution in [0.15, 0.2) is 5.03 Å². The van der Waals surface area contributed by atoms with Crippen LogP contribution in [-0.2, 0) is 0 Å². The molecule has 1 saturated carbocycles. The molecule has 6 nitrogen and oxygen atoms in total. The van der Waals surface area contributed by atoms with Crippen molar-refractivity contribution in [2.24, 2.45) is 0 Å². The fourth-order valence-corrected chi connectivity index (χ4v) is 4.22. The van der Waals surface area contributed by atoms with Crippen molar-refractivity contribution in [3.05, 3.63) is 5.56 Å². The molecule has 0 aliphatic heterocycles. The lowest BCUT2D eigenvalue weighted by Crippen LogP contribution is -2.27. The van der Waals surface area contributed by atoms with Crippen LogP contribution < -0.4 is 5.32 Å². The number of carboxylic acid groups (broad SMARTS) is 1. The minimum atomic E-state index is -1.05. The van der Waals surface area contributed by atoms with Crippen LogP contribution >= 0.6 is 23.3 Å². The minimum Gasteiger partial charge on any atom is -0.477 e. The molecule has 20 heavy (non-hydrogen) atoms.